The number of carbonyl (C=O) groups is 2. The zero-order valence-corrected chi connectivity index (χ0v) is 18.4. The molecule has 1 saturated carbocycles. The number of ether oxygens (including phenoxy) is 1. The maximum absolute atomic E-state index is 12.5. The smallest absolute Gasteiger partial charge is 0.336 e. The molecular weight excluding hydrogens is 398 g/mol. The molecule has 0 spiro atoms. The van der Waals surface area contributed by atoms with Crippen molar-refractivity contribution in [3.63, 3.8) is 0 Å². The second kappa shape index (κ2) is 9.98. The highest BCUT2D eigenvalue weighted by Gasteiger charge is 2.26. The molecule has 7 nitrogen and oxygen atoms in total. The normalized spacial score (nSPS) is 19.7. The summed E-state index contributed by atoms with van der Waals surface area (Å²) in [4.78, 5) is 35.5. The van der Waals surface area contributed by atoms with Gasteiger partial charge in [0.2, 0.25) is 0 Å². The number of rotatable bonds is 8. The van der Waals surface area contributed by atoms with E-state index in [9.17, 15) is 14.4 Å². The molecule has 1 aliphatic carbocycles. The highest BCUT2D eigenvalue weighted by molar-refractivity contribution is 5.85. The Labute approximate surface area is 181 Å². The van der Waals surface area contributed by atoms with Crippen molar-refractivity contribution in [3.8, 4) is 5.75 Å². The van der Waals surface area contributed by atoms with E-state index in [1.165, 1.54) is 6.07 Å². The van der Waals surface area contributed by atoms with Gasteiger partial charge in [-0.05, 0) is 69.6 Å². The Bertz CT molecular complexity index is 1000. The van der Waals surface area contributed by atoms with Crippen LogP contribution in [-0.4, -0.2) is 29.6 Å². The van der Waals surface area contributed by atoms with Gasteiger partial charge in [0.15, 0.2) is 6.10 Å². The molecule has 0 aliphatic heterocycles. The van der Waals surface area contributed by atoms with E-state index in [-0.39, 0.29) is 17.5 Å². The van der Waals surface area contributed by atoms with Crippen molar-refractivity contribution in [1.29, 1.82) is 0 Å². The second-order valence-electron chi connectivity index (χ2n) is 8.47. The number of aliphatic carboxylic acids is 1. The molecule has 1 aromatic heterocycles. The van der Waals surface area contributed by atoms with E-state index >= 15 is 0 Å². The third-order valence-electron chi connectivity index (χ3n) is 6.15. The topological polar surface area (TPSA) is 106 Å². The molecule has 2 N–H and O–H groups in total. The van der Waals surface area contributed by atoms with Gasteiger partial charge in [0.05, 0.1) is 5.92 Å². The zero-order chi connectivity index (χ0) is 22.5. The first-order valence-corrected chi connectivity index (χ1v) is 11.0. The molecule has 1 heterocycles. The van der Waals surface area contributed by atoms with E-state index in [1.807, 2.05) is 19.1 Å². The van der Waals surface area contributed by atoms with E-state index in [0.717, 1.165) is 36.6 Å². The summed E-state index contributed by atoms with van der Waals surface area (Å²) in [6.07, 6.45) is 3.91. The lowest BCUT2D eigenvalue weighted by atomic mass is 9.82. The predicted molar refractivity (Wildman–Crippen MR) is 117 cm³/mol. The number of hydrogen-bond donors (Lipinski definition) is 2. The number of amides is 1. The Balaban J connectivity index is 1.62. The van der Waals surface area contributed by atoms with Crippen molar-refractivity contribution >= 4 is 22.8 Å². The van der Waals surface area contributed by atoms with E-state index in [4.69, 9.17) is 14.3 Å². The number of carboxylic acids is 1. The molecule has 1 amide bonds. The van der Waals surface area contributed by atoms with E-state index in [2.05, 4.69) is 12.2 Å². The highest BCUT2D eigenvalue weighted by Crippen LogP contribution is 2.30. The van der Waals surface area contributed by atoms with Crippen LogP contribution in [-0.2, 0) is 16.0 Å². The highest BCUT2D eigenvalue weighted by atomic mass is 16.5. The van der Waals surface area contributed by atoms with Crippen LogP contribution in [0.1, 0.15) is 57.1 Å². The molecular formula is C24H31NO6. The molecule has 3 rings (SSSR count). The van der Waals surface area contributed by atoms with Crippen molar-refractivity contribution in [2.24, 2.45) is 11.8 Å². The number of aryl methyl sites for hydroxylation is 2. The summed E-state index contributed by atoms with van der Waals surface area (Å²) in [5.41, 5.74) is 1.75. The summed E-state index contributed by atoms with van der Waals surface area (Å²) in [6.45, 7) is 6.08. The molecule has 1 unspecified atom stereocenters. The van der Waals surface area contributed by atoms with Gasteiger partial charge < -0.3 is 19.6 Å². The van der Waals surface area contributed by atoms with Gasteiger partial charge in [-0.1, -0.05) is 13.3 Å². The summed E-state index contributed by atoms with van der Waals surface area (Å²) in [5.74, 6) is -0.411. The van der Waals surface area contributed by atoms with E-state index in [1.54, 1.807) is 6.92 Å². The fourth-order valence-corrected chi connectivity index (χ4v) is 4.26. The minimum atomic E-state index is -0.729. The fraction of sp³-hybridized carbons (Fsp3) is 0.542. The Morgan fingerprint density at radius 3 is 2.61 bits per heavy atom. The maximum Gasteiger partial charge on any atom is 0.336 e. The Morgan fingerprint density at radius 1 is 1.26 bits per heavy atom. The summed E-state index contributed by atoms with van der Waals surface area (Å²) in [7, 11) is 0. The molecule has 168 valence electrons. The molecule has 7 heteroatoms. The quantitative estimate of drug-likeness (QED) is 0.618. The lowest BCUT2D eigenvalue weighted by Crippen LogP contribution is -2.39. The van der Waals surface area contributed by atoms with Gasteiger partial charge in [-0.25, -0.2) is 4.79 Å². The van der Waals surface area contributed by atoms with Crippen LogP contribution in [0, 0.1) is 18.8 Å². The maximum atomic E-state index is 12.5. The minimum absolute atomic E-state index is 0.221. The molecule has 1 aliphatic rings. The molecule has 2 aromatic rings. The monoisotopic (exact) mass is 429 g/mol. The molecule has 1 fully saturated rings. The summed E-state index contributed by atoms with van der Waals surface area (Å²) >= 11 is 0. The molecule has 1 aromatic carbocycles. The van der Waals surface area contributed by atoms with Crippen molar-refractivity contribution in [2.45, 2.75) is 65.4 Å². The second-order valence-corrected chi connectivity index (χ2v) is 8.47. The van der Waals surface area contributed by atoms with Crippen molar-refractivity contribution < 1.29 is 23.8 Å². The number of benzene rings is 1. The lowest BCUT2D eigenvalue weighted by Gasteiger charge is -2.26. The van der Waals surface area contributed by atoms with Gasteiger partial charge in [-0.15, -0.1) is 0 Å². The van der Waals surface area contributed by atoms with Crippen LogP contribution in [0.4, 0.5) is 0 Å². The SMILES string of the molecule is CCCc1cc(=O)oc2c(C)c(OC(C)C(=O)NCC3CCC(C(=O)O)CC3)ccc12. The predicted octanol–water partition coefficient (Wildman–Crippen LogP) is 3.83. The van der Waals surface area contributed by atoms with Gasteiger partial charge in [-0.2, -0.15) is 0 Å². The van der Waals surface area contributed by atoms with E-state index in [0.29, 0.717) is 42.2 Å². The van der Waals surface area contributed by atoms with Crippen LogP contribution < -0.4 is 15.7 Å². The van der Waals surface area contributed by atoms with Gasteiger partial charge >= 0.3 is 11.6 Å². The number of carboxylic acid groups (broad SMARTS) is 1. The van der Waals surface area contributed by atoms with Gasteiger partial charge in [0.1, 0.15) is 11.3 Å². The Morgan fingerprint density at radius 2 is 1.97 bits per heavy atom. The Kier molecular flexibility index (Phi) is 7.36. The summed E-state index contributed by atoms with van der Waals surface area (Å²) in [6, 6.07) is 5.22. The molecule has 31 heavy (non-hydrogen) atoms. The van der Waals surface area contributed by atoms with Crippen LogP contribution in [0.3, 0.4) is 0 Å². The zero-order valence-electron chi connectivity index (χ0n) is 18.4. The summed E-state index contributed by atoms with van der Waals surface area (Å²) < 4.78 is 11.3. The number of nitrogens with one attached hydrogen (secondary N) is 1. The lowest BCUT2D eigenvalue weighted by molar-refractivity contribution is -0.143. The van der Waals surface area contributed by atoms with Crippen LogP contribution in [0.15, 0.2) is 27.4 Å². The first-order valence-electron chi connectivity index (χ1n) is 11.0. The number of fused-ring (bicyclic) bond motifs is 1. The Hall–Kier alpha value is -2.83. The molecule has 1 atom stereocenters. The van der Waals surface area contributed by atoms with Crippen LogP contribution in [0.25, 0.3) is 11.0 Å². The third-order valence-corrected chi connectivity index (χ3v) is 6.15. The fourth-order valence-electron chi connectivity index (χ4n) is 4.26. The molecule has 0 radical (unpaired) electrons. The largest absolute Gasteiger partial charge is 0.481 e. The van der Waals surface area contributed by atoms with Gasteiger partial charge in [0.25, 0.3) is 5.91 Å². The average Bonchev–Trinajstić information content (AvgIpc) is 2.74. The number of carbonyl (C=O) groups excluding carboxylic acids is 1. The first kappa shape index (κ1) is 22.8. The van der Waals surface area contributed by atoms with Gasteiger partial charge in [0, 0.05) is 23.6 Å². The number of hydrogen-bond acceptors (Lipinski definition) is 5. The minimum Gasteiger partial charge on any atom is -0.481 e. The summed E-state index contributed by atoms with van der Waals surface area (Å²) in [5, 5.41) is 12.9. The molecule has 0 bridgehead atoms. The van der Waals surface area contributed by atoms with Crippen molar-refractivity contribution in [3.05, 3.63) is 39.7 Å². The standard InChI is InChI=1S/C24H31NO6/c1-4-5-18-12-21(26)31-22-14(2)20(11-10-19(18)22)30-15(3)23(27)25-13-16-6-8-17(9-7-16)24(28)29/h10-12,15-17H,4-9,13H2,1-3H3,(H,25,27)(H,28,29). The van der Waals surface area contributed by atoms with E-state index < -0.39 is 12.1 Å². The van der Waals surface area contributed by atoms with Crippen LogP contribution >= 0.6 is 0 Å². The average molecular weight is 430 g/mol. The third kappa shape index (κ3) is 5.46. The molecule has 0 saturated heterocycles. The van der Waals surface area contributed by atoms with Crippen molar-refractivity contribution in [1.82, 2.24) is 5.32 Å². The van der Waals surface area contributed by atoms with Gasteiger partial charge in [-0.3, -0.25) is 9.59 Å². The van der Waals surface area contributed by atoms with Crippen LogP contribution in [0.5, 0.6) is 5.75 Å². The van der Waals surface area contributed by atoms with Crippen LogP contribution in [0.2, 0.25) is 0 Å². The first-order chi connectivity index (χ1) is 14.8. The van der Waals surface area contributed by atoms with Crippen molar-refractivity contribution in [2.75, 3.05) is 6.54 Å².